The van der Waals surface area contributed by atoms with Crippen LogP contribution in [0.2, 0.25) is 0 Å². The van der Waals surface area contributed by atoms with Crippen LogP contribution in [-0.4, -0.2) is 21.6 Å². The van der Waals surface area contributed by atoms with E-state index in [-0.39, 0.29) is 0 Å². The Morgan fingerprint density at radius 1 is 1.41 bits per heavy atom. The Bertz CT molecular complexity index is 510. The highest BCUT2D eigenvalue weighted by Gasteiger charge is 2.18. The summed E-state index contributed by atoms with van der Waals surface area (Å²) in [7, 11) is 0. The van der Waals surface area contributed by atoms with Crippen molar-refractivity contribution < 1.29 is 4.74 Å². The van der Waals surface area contributed by atoms with Gasteiger partial charge in [-0.2, -0.15) is 0 Å². The van der Waals surface area contributed by atoms with Gasteiger partial charge < -0.3 is 10.2 Å². The average Bonchev–Trinajstić information content (AvgIpc) is 2.91. The van der Waals surface area contributed by atoms with Gasteiger partial charge in [0.25, 0.3) is 0 Å². The Hall–Kier alpha value is -1.57. The van der Waals surface area contributed by atoms with Crippen LogP contribution in [0, 0.1) is 0 Å². The number of nitrogen functional groups attached to an aromatic ring is 1. The number of nitrogens with zero attached hydrogens (tertiary/aromatic N) is 3. The Morgan fingerprint density at radius 2 is 2.35 bits per heavy atom. The van der Waals surface area contributed by atoms with Crippen molar-refractivity contribution in [1.29, 1.82) is 0 Å². The SMILES string of the molecule is NNc1nc(-c2cncs2)nc2c1COCC2. The molecular weight excluding hydrogens is 238 g/mol. The van der Waals surface area contributed by atoms with Crippen LogP contribution in [0.1, 0.15) is 11.3 Å². The molecule has 3 heterocycles. The molecule has 0 aromatic carbocycles. The highest BCUT2D eigenvalue weighted by molar-refractivity contribution is 7.13. The predicted molar refractivity (Wildman–Crippen MR) is 64.3 cm³/mol. The highest BCUT2D eigenvalue weighted by Crippen LogP contribution is 2.26. The summed E-state index contributed by atoms with van der Waals surface area (Å²) in [6, 6.07) is 0. The molecule has 6 nitrogen and oxygen atoms in total. The fourth-order valence-electron chi connectivity index (χ4n) is 1.79. The molecule has 0 fully saturated rings. The van der Waals surface area contributed by atoms with Gasteiger partial charge in [0.2, 0.25) is 0 Å². The van der Waals surface area contributed by atoms with E-state index in [1.807, 2.05) is 0 Å². The first-order valence-corrected chi connectivity index (χ1v) is 6.09. The summed E-state index contributed by atoms with van der Waals surface area (Å²) >= 11 is 1.51. The van der Waals surface area contributed by atoms with E-state index in [2.05, 4.69) is 20.4 Å². The number of aromatic nitrogens is 3. The van der Waals surface area contributed by atoms with E-state index in [1.165, 1.54) is 11.3 Å². The molecule has 0 saturated heterocycles. The summed E-state index contributed by atoms with van der Waals surface area (Å²) in [5, 5.41) is 0. The van der Waals surface area contributed by atoms with Gasteiger partial charge >= 0.3 is 0 Å². The van der Waals surface area contributed by atoms with Gasteiger partial charge in [0.05, 0.1) is 29.3 Å². The van der Waals surface area contributed by atoms with Crippen LogP contribution in [0.15, 0.2) is 11.7 Å². The van der Waals surface area contributed by atoms with Crippen molar-refractivity contribution in [2.45, 2.75) is 13.0 Å². The molecule has 1 aliphatic heterocycles. The summed E-state index contributed by atoms with van der Waals surface area (Å²) in [5.74, 6) is 6.79. The van der Waals surface area contributed by atoms with Gasteiger partial charge in [0.15, 0.2) is 5.82 Å². The second-order valence-electron chi connectivity index (χ2n) is 3.63. The second-order valence-corrected chi connectivity index (χ2v) is 4.52. The van der Waals surface area contributed by atoms with Gasteiger partial charge in [-0.1, -0.05) is 0 Å². The monoisotopic (exact) mass is 249 g/mol. The first-order valence-electron chi connectivity index (χ1n) is 5.21. The highest BCUT2D eigenvalue weighted by atomic mass is 32.1. The third-order valence-electron chi connectivity index (χ3n) is 2.61. The zero-order chi connectivity index (χ0) is 11.7. The Balaban J connectivity index is 2.12. The van der Waals surface area contributed by atoms with Crippen LogP contribution in [-0.2, 0) is 17.8 Å². The van der Waals surface area contributed by atoms with E-state index in [1.54, 1.807) is 11.7 Å². The molecule has 1 aliphatic rings. The number of nitrogens with one attached hydrogen (secondary N) is 1. The molecule has 17 heavy (non-hydrogen) atoms. The number of hydrogen-bond donors (Lipinski definition) is 2. The van der Waals surface area contributed by atoms with Crippen LogP contribution >= 0.6 is 11.3 Å². The molecule has 3 N–H and O–H groups in total. The summed E-state index contributed by atoms with van der Waals surface area (Å²) < 4.78 is 5.38. The minimum absolute atomic E-state index is 0.512. The third kappa shape index (κ3) is 1.88. The van der Waals surface area contributed by atoms with Crippen molar-refractivity contribution in [3.63, 3.8) is 0 Å². The fourth-order valence-corrected chi connectivity index (χ4v) is 2.34. The zero-order valence-corrected chi connectivity index (χ0v) is 9.83. The van der Waals surface area contributed by atoms with Gasteiger partial charge in [-0.25, -0.2) is 15.8 Å². The molecule has 0 atom stereocenters. The largest absolute Gasteiger partial charge is 0.376 e. The quantitative estimate of drug-likeness (QED) is 0.609. The summed E-state index contributed by atoms with van der Waals surface area (Å²) in [6.07, 6.45) is 2.55. The lowest BCUT2D eigenvalue weighted by atomic mass is 10.1. The normalized spacial score (nSPS) is 14.4. The number of rotatable bonds is 2. The molecule has 0 aliphatic carbocycles. The molecule has 7 heteroatoms. The first kappa shape index (κ1) is 10.6. The van der Waals surface area contributed by atoms with E-state index in [0.29, 0.717) is 24.9 Å². The van der Waals surface area contributed by atoms with Crippen LogP contribution < -0.4 is 11.3 Å². The van der Waals surface area contributed by atoms with Crippen molar-refractivity contribution in [3.05, 3.63) is 23.0 Å². The molecule has 0 spiro atoms. The maximum absolute atomic E-state index is 5.49. The average molecular weight is 249 g/mol. The number of hydrogen-bond acceptors (Lipinski definition) is 7. The van der Waals surface area contributed by atoms with Gasteiger partial charge in [0, 0.05) is 18.2 Å². The van der Waals surface area contributed by atoms with E-state index in [0.717, 1.165) is 22.6 Å². The minimum Gasteiger partial charge on any atom is -0.376 e. The van der Waals surface area contributed by atoms with Crippen molar-refractivity contribution in [2.75, 3.05) is 12.0 Å². The first-order chi connectivity index (χ1) is 8.38. The molecule has 0 amide bonds. The Morgan fingerprint density at radius 3 is 3.12 bits per heavy atom. The molecule has 2 aromatic heterocycles. The predicted octanol–water partition coefficient (Wildman–Crippen LogP) is 0.958. The van der Waals surface area contributed by atoms with Gasteiger partial charge in [-0.15, -0.1) is 11.3 Å². The van der Waals surface area contributed by atoms with Crippen molar-refractivity contribution in [2.24, 2.45) is 5.84 Å². The number of hydrazine groups is 1. The number of ether oxygens (including phenoxy) is 1. The number of thiazole rings is 1. The lowest BCUT2D eigenvalue weighted by Gasteiger charge is -2.18. The maximum atomic E-state index is 5.49. The Labute approximate surface area is 102 Å². The molecule has 0 saturated carbocycles. The zero-order valence-electron chi connectivity index (χ0n) is 9.01. The van der Waals surface area contributed by atoms with E-state index in [4.69, 9.17) is 10.6 Å². The minimum atomic E-state index is 0.512. The molecule has 0 unspecified atom stereocenters. The molecular formula is C10H11N5OS. The summed E-state index contributed by atoms with van der Waals surface area (Å²) in [5.41, 5.74) is 6.32. The fraction of sp³-hybridized carbons (Fsp3) is 0.300. The van der Waals surface area contributed by atoms with Crippen LogP contribution in [0.4, 0.5) is 5.82 Å². The lowest BCUT2D eigenvalue weighted by Crippen LogP contribution is -2.19. The number of anilines is 1. The van der Waals surface area contributed by atoms with E-state index >= 15 is 0 Å². The number of nitrogens with two attached hydrogens (primary N) is 1. The molecule has 3 rings (SSSR count). The van der Waals surface area contributed by atoms with E-state index < -0.39 is 0 Å². The van der Waals surface area contributed by atoms with Gasteiger partial charge in [-0.05, 0) is 0 Å². The summed E-state index contributed by atoms with van der Waals surface area (Å²) in [4.78, 5) is 13.9. The topological polar surface area (TPSA) is 86.0 Å². The third-order valence-corrected chi connectivity index (χ3v) is 3.38. The van der Waals surface area contributed by atoms with Crippen LogP contribution in [0.3, 0.4) is 0 Å². The second kappa shape index (κ2) is 4.36. The van der Waals surface area contributed by atoms with E-state index in [9.17, 15) is 0 Å². The van der Waals surface area contributed by atoms with Crippen LogP contribution in [0.25, 0.3) is 10.7 Å². The molecule has 0 bridgehead atoms. The molecule has 88 valence electrons. The maximum Gasteiger partial charge on any atom is 0.173 e. The van der Waals surface area contributed by atoms with Crippen molar-refractivity contribution in [1.82, 2.24) is 15.0 Å². The van der Waals surface area contributed by atoms with Crippen molar-refractivity contribution >= 4 is 17.2 Å². The standard InChI is InChI=1S/C10H11N5OS/c11-15-9-6-4-16-2-1-7(6)13-10(14-9)8-3-12-5-17-8/h3,5H,1-2,4,11H2,(H,13,14,15). The summed E-state index contributed by atoms with van der Waals surface area (Å²) in [6.45, 7) is 1.20. The van der Waals surface area contributed by atoms with Crippen molar-refractivity contribution in [3.8, 4) is 10.7 Å². The Kier molecular flexibility index (Phi) is 2.71. The molecule has 0 radical (unpaired) electrons. The van der Waals surface area contributed by atoms with Crippen LogP contribution in [0.5, 0.6) is 0 Å². The van der Waals surface area contributed by atoms with Gasteiger partial charge in [0.1, 0.15) is 5.82 Å². The smallest absolute Gasteiger partial charge is 0.173 e. The lowest BCUT2D eigenvalue weighted by molar-refractivity contribution is 0.109. The van der Waals surface area contributed by atoms with Gasteiger partial charge in [-0.3, -0.25) is 4.98 Å². The number of fused-ring (bicyclic) bond motifs is 1. The molecule has 2 aromatic rings.